The summed E-state index contributed by atoms with van der Waals surface area (Å²) in [6, 6.07) is 0.294. The van der Waals surface area contributed by atoms with Crippen molar-refractivity contribution in [2.45, 2.75) is 12.4 Å². The second-order valence-electron chi connectivity index (χ2n) is 2.54. The fourth-order valence-electron chi connectivity index (χ4n) is 0.794. The molecule has 0 saturated heterocycles. The van der Waals surface area contributed by atoms with Gasteiger partial charge in [-0.3, -0.25) is 4.98 Å². The fraction of sp³-hybridized carbons (Fsp3) is 0.286. The van der Waals surface area contributed by atoms with Crippen LogP contribution in [0.15, 0.2) is 16.7 Å². The van der Waals surface area contributed by atoms with E-state index in [2.05, 4.69) is 20.9 Å². The predicted octanol–water partition coefficient (Wildman–Crippen LogP) is 3.88. The minimum absolute atomic E-state index is 0.146. The van der Waals surface area contributed by atoms with E-state index in [9.17, 15) is 26.3 Å². The molecule has 84 valence electrons. The first kappa shape index (κ1) is 12.3. The number of halogens is 7. The van der Waals surface area contributed by atoms with Gasteiger partial charge in [0.25, 0.3) is 0 Å². The SMILES string of the molecule is FC(F)(F)c1cc(Br)c(C(F)(F)F)cn1. The molecule has 8 heteroatoms. The van der Waals surface area contributed by atoms with Crippen molar-refractivity contribution >= 4 is 15.9 Å². The topological polar surface area (TPSA) is 12.9 Å². The first-order chi connectivity index (χ1) is 6.62. The van der Waals surface area contributed by atoms with Crippen LogP contribution < -0.4 is 0 Å². The molecule has 0 unspecified atom stereocenters. The van der Waals surface area contributed by atoms with Crippen LogP contribution in [-0.2, 0) is 12.4 Å². The van der Waals surface area contributed by atoms with Crippen LogP contribution >= 0.6 is 15.9 Å². The van der Waals surface area contributed by atoms with Crippen LogP contribution in [0, 0.1) is 0 Å². The highest BCUT2D eigenvalue weighted by Crippen LogP contribution is 2.37. The normalized spacial score (nSPS) is 13.0. The lowest BCUT2D eigenvalue weighted by atomic mass is 10.2. The van der Waals surface area contributed by atoms with Gasteiger partial charge in [0, 0.05) is 10.7 Å². The zero-order valence-corrected chi connectivity index (χ0v) is 8.33. The molecule has 1 nitrogen and oxygen atoms in total. The van der Waals surface area contributed by atoms with Crippen LogP contribution in [0.2, 0.25) is 0 Å². The number of alkyl halides is 6. The van der Waals surface area contributed by atoms with Gasteiger partial charge in [0.05, 0.1) is 5.56 Å². The van der Waals surface area contributed by atoms with E-state index in [4.69, 9.17) is 0 Å². The van der Waals surface area contributed by atoms with Crippen LogP contribution in [-0.4, -0.2) is 4.98 Å². The Balaban J connectivity index is 3.21. The predicted molar refractivity (Wildman–Crippen MR) is 41.9 cm³/mol. The van der Waals surface area contributed by atoms with Gasteiger partial charge < -0.3 is 0 Å². The highest BCUT2D eigenvalue weighted by atomic mass is 79.9. The molecule has 0 atom stereocenters. The van der Waals surface area contributed by atoms with Gasteiger partial charge in [-0.2, -0.15) is 26.3 Å². The Morgan fingerprint density at radius 1 is 1.00 bits per heavy atom. The third-order valence-corrected chi connectivity index (χ3v) is 2.11. The molecule has 1 aromatic heterocycles. The summed E-state index contributed by atoms with van der Waals surface area (Å²) in [7, 11) is 0. The van der Waals surface area contributed by atoms with E-state index in [1.807, 2.05) is 0 Å². The van der Waals surface area contributed by atoms with Gasteiger partial charge in [0.15, 0.2) is 0 Å². The summed E-state index contributed by atoms with van der Waals surface area (Å²) in [5.74, 6) is 0. The molecule has 0 fully saturated rings. The fourth-order valence-corrected chi connectivity index (χ4v) is 1.34. The van der Waals surface area contributed by atoms with Gasteiger partial charge in [-0.15, -0.1) is 0 Å². The number of hydrogen-bond donors (Lipinski definition) is 0. The summed E-state index contributed by atoms with van der Waals surface area (Å²) in [4.78, 5) is 2.70. The smallest absolute Gasteiger partial charge is 0.251 e. The molecular formula is C7H2BrF6N. The number of hydrogen-bond acceptors (Lipinski definition) is 1. The number of rotatable bonds is 0. The molecule has 0 aliphatic carbocycles. The summed E-state index contributed by atoms with van der Waals surface area (Å²) in [5, 5.41) is 0. The molecule has 0 saturated carbocycles. The molecule has 0 aliphatic rings. The van der Waals surface area contributed by atoms with Crippen molar-refractivity contribution in [1.29, 1.82) is 0 Å². The summed E-state index contributed by atoms with van der Waals surface area (Å²) in [6.45, 7) is 0. The molecule has 0 bridgehead atoms. The van der Waals surface area contributed by atoms with Gasteiger partial charge in [0.2, 0.25) is 0 Å². The lowest BCUT2D eigenvalue weighted by Crippen LogP contribution is -2.12. The van der Waals surface area contributed by atoms with E-state index in [1.54, 1.807) is 0 Å². The maximum absolute atomic E-state index is 12.1. The summed E-state index contributed by atoms with van der Waals surface area (Å²) >= 11 is 2.42. The minimum Gasteiger partial charge on any atom is -0.251 e. The van der Waals surface area contributed by atoms with E-state index in [0.717, 1.165) is 0 Å². The van der Waals surface area contributed by atoms with Gasteiger partial charge in [-0.25, -0.2) is 0 Å². The first-order valence-electron chi connectivity index (χ1n) is 3.42. The van der Waals surface area contributed by atoms with Crippen molar-refractivity contribution in [2.75, 3.05) is 0 Å². The molecule has 0 N–H and O–H groups in total. The summed E-state index contributed by atoms with van der Waals surface area (Å²) in [6.07, 6.45) is -9.34. The molecule has 1 heterocycles. The van der Waals surface area contributed by atoms with E-state index in [0.29, 0.717) is 6.07 Å². The Morgan fingerprint density at radius 2 is 1.53 bits per heavy atom. The van der Waals surface area contributed by atoms with Crippen LogP contribution in [0.5, 0.6) is 0 Å². The zero-order chi connectivity index (χ0) is 11.9. The van der Waals surface area contributed by atoms with Crippen molar-refractivity contribution in [3.05, 3.63) is 28.0 Å². The maximum atomic E-state index is 12.1. The van der Waals surface area contributed by atoms with Crippen molar-refractivity contribution in [1.82, 2.24) is 4.98 Å². The number of pyridine rings is 1. The molecule has 0 aromatic carbocycles. The van der Waals surface area contributed by atoms with E-state index < -0.39 is 28.1 Å². The third kappa shape index (κ3) is 2.83. The van der Waals surface area contributed by atoms with E-state index in [-0.39, 0.29) is 6.20 Å². The molecule has 15 heavy (non-hydrogen) atoms. The Hall–Kier alpha value is -0.790. The highest BCUT2D eigenvalue weighted by Gasteiger charge is 2.37. The lowest BCUT2D eigenvalue weighted by Gasteiger charge is -2.11. The first-order valence-corrected chi connectivity index (χ1v) is 4.21. The highest BCUT2D eigenvalue weighted by molar-refractivity contribution is 9.10. The standard InChI is InChI=1S/C7H2BrF6N/c8-4-1-5(7(12,13)14)15-2-3(4)6(9,10)11/h1-2H. The van der Waals surface area contributed by atoms with Crippen LogP contribution in [0.4, 0.5) is 26.3 Å². The van der Waals surface area contributed by atoms with Crippen LogP contribution in [0.3, 0.4) is 0 Å². The second kappa shape index (κ2) is 3.66. The number of aromatic nitrogens is 1. The Morgan fingerprint density at radius 3 is 1.87 bits per heavy atom. The largest absolute Gasteiger partial charge is 0.433 e. The molecule has 0 spiro atoms. The third-order valence-electron chi connectivity index (χ3n) is 1.45. The van der Waals surface area contributed by atoms with Gasteiger partial charge in [0.1, 0.15) is 5.69 Å². The molecular weight excluding hydrogens is 292 g/mol. The average molecular weight is 294 g/mol. The van der Waals surface area contributed by atoms with Gasteiger partial charge in [-0.1, -0.05) is 15.9 Å². The number of nitrogens with zero attached hydrogens (tertiary/aromatic N) is 1. The second-order valence-corrected chi connectivity index (χ2v) is 3.40. The van der Waals surface area contributed by atoms with Gasteiger partial charge in [-0.05, 0) is 6.07 Å². The monoisotopic (exact) mass is 293 g/mol. The van der Waals surface area contributed by atoms with Crippen LogP contribution in [0.25, 0.3) is 0 Å². The molecule has 0 amide bonds. The van der Waals surface area contributed by atoms with E-state index >= 15 is 0 Å². The van der Waals surface area contributed by atoms with Crippen molar-refractivity contribution in [3.8, 4) is 0 Å². The molecule has 0 radical (unpaired) electrons. The average Bonchev–Trinajstić information content (AvgIpc) is 1.99. The Bertz CT molecular complexity index is 369. The quantitative estimate of drug-likeness (QED) is 0.662. The van der Waals surface area contributed by atoms with Crippen LogP contribution in [0.1, 0.15) is 11.3 Å². The summed E-state index contributed by atoms with van der Waals surface area (Å²) in [5.41, 5.74) is -2.61. The Labute approximate surface area is 88.2 Å². The van der Waals surface area contributed by atoms with Crippen molar-refractivity contribution in [3.63, 3.8) is 0 Å². The van der Waals surface area contributed by atoms with Gasteiger partial charge >= 0.3 is 12.4 Å². The summed E-state index contributed by atoms with van der Waals surface area (Å²) < 4.78 is 71.8. The molecule has 0 aliphatic heterocycles. The Kier molecular flexibility index (Phi) is 2.99. The zero-order valence-electron chi connectivity index (χ0n) is 6.75. The van der Waals surface area contributed by atoms with E-state index in [1.165, 1.54) is 0 Å². The lowest BCUT2D eigenvalue weighted by molar-refractivity contribution is -0.144. The molecule has 1 aromatic rings. The maximum Gasteiger partial charge on any atom is 0.433 e. The molecule has 1 rings (SSSR count). The minimum atomic E-state index is -4.76. The van der Waals surface area contributed by atoms with Crippen molar-refractivity contribution < 1.29 is 26.3 Å². The van der Waals surface area contributed by atoms with Crippen molar-refractivity contribution in [2.24, 2.45) is 0 Å².